The van der Waals surface area contributed by atoms with Gasteiger partial charge in [0.25, 0.3) is 0 Å². The number of rotatable bonds is 13. The molecular formula is C24H38N2O5. The maximum atomic E-state index is 12.7. The Labute approximate surface area is 185 Å². The summed E-state index contributed by atoms with van der Waals surface area (Å²) < 4.78 is 5.75. The molecule has 7 nitrogen and oxygen atoms in total. The topological polar surface area (TPSA) is 105 Å². The smallest absolute Gasteiger partial charge is 0.304 e. The maximum Gasteiger partial charge on any atom is 0.304 e. The first-order chi connectivity index (χ1) is 14.6. The van der Waals surface area contributed by atoms with Crippen molar-refractivity contribution < 1.29 is 24.2 Å². The van der Waals surface area contributed by atoms with Gasteiger partial charge in [0.15, 0.2) is 0 Å². The van der Waals surface area contributed by atoms with E-state index in [4.69, 9.17) is 4.74 Å². The number of carboxylic acids is 1. The highest BCUT2D eigenvalue weighted by Gasteiger charge is 2.34. The van der Waals surface area contributed by atoms with Crippen LogP contribution in [0.15, 0.2) is 24.3 Å². The minimum absolute atomic E-state index is 0.268. The summed E-state index contributed by atoms with van der Waals surface area (Å²) in [5.41, 5.74) is 0.784. The Morgan fingerprint density at radius 2 is 1.71 bits per heavy atom. The fraction of sp³-hybridized carbons (Fsp3) is 0.625. The Hall–Kier alpha value is -2.57. The average Bonchev–Trinajstić information content (AvgIpc) is 2.70. The zero-order valence-electron chi connectivity index (χ0n) is 19.5. The Morgan fingerprint density at radius 3 is 2.23 bits per heavy atom. The van der Waals surface area contributed by atoms with Crippen LogP contribution in [0.25, 0.3) is 0 Å². The molecule has 0 saturated heterocycles. The van der Waals surface area contributed by atoms with Crippen molar-refractivity contribution in [3.8, 4) is 5.75 Å². The van der Waals surface area contributed by atoms with Crippen LogP contribution in [0.4, 0.5) is 0 Å². The molecule has 174 valence electrons. The van der Waals surface area contributed by atoms with Crippen LogP contribution in [0.2, 0.25) is 0 Å². The van der Waals surface area contributed by atoms with Gasteiger partial charge in [-0.1, -0.05) is 46.2 Å². The first-order valence-corrected chi connectivity index (χ1v) is 11.0. The van der Waals surface area contributed by atoms with Crippen LogP contribution in [0.5, 0.6) is 5.75 Å². The van der Waals surface area contributed by atoms with Crippen molar-refractivity contribution in [1.82, 2.24) is 10.6 Å². The average molecular weight is 435 g/mol. The van der Waals surface area contributed by atoms with Gasteiger partial charge in [-0.25, -0.2) is 0 Å². The summed E-state index contributed by atoms with van der Waals surface area (Å²) >= 11 is 0. The molecule has 2 amide bonds. The SMILES string of the molecule is CCCc1ccc(OCCCC[C@H](CC(=O)O)C(=O)N[C@H](C(=O)NC)C(C)(C)C)cc1. The molecule has 1 rings (SSSR count). The first kappa shape index (κ1) is 26.5. The highest BCUT2D eigenvalue weighted by molar-refractivity contribution is 5.90. The van der Waals surface area contributed by atoms with Crippen molar-refractivity contribution in [3.63, 3.8) is 0 Å². The molecule has 1 aromatic rings. The number of carbonyl (C=O) groups is 3. The van der Waals surface area contributed by atoms with Gasteiger partial charge >= 0.3 is 5.97 Å². The summed E-state index contributed by atoms with van der Waals surface area (Å²) in [7, 11) is 1.51. The summed E-state index contributed by atoms with van der Waals surface area (Å²) in [5, 5.41) is 14.5. The van der Waals surface area contributed by atoms with Crippen molar-refractivity contribution in [2.24, 2.45) is 11.3 Å². The molecule has 0 bridgehead atoms. The molecule has 0 aliphatic carbocycles. The Kier molecular flexibility index (Phi) is 11.1. The maximum absolute atomic E-state index is 12.7. The van der Waals surface area contributed by atoms with Gasteiger partial charge in [0.05, 0.1) is 13.0 Å². The number of nitrogens with one attached hydrogen (secondary N) is 2. The van der Waals surface area contributed by atoms with Gasteiger partial charge in [-0.2, -0.15) is 0 Å². The van der Waals surface area contributed by atoms with Crippen LogP contribution in [0.1, 0.15) is 65.4 Å². The lowest BCUT2D eigenvalue weighted by Crippen LogP contribution is -2.54. The normalized spacial score (nSPS) is 13.2. The number of ether oxygens (including phenoxy) is 1. The number of aliphatic carboxylic acids is 1. The van der Waals surface area contributed by atoms with Crippen molar-refractivity contribution in [2.75, 3.05) is 13.7 Å². The largest absolute Gasteiger partial charge is 0.494 e. The third kappa shape index (κ3) is 9.85. The first-order valence-electron chi connectivity index (χ1n) is 11.0. The second-order valence-corrected chi connectivity index (χ2v) is 8.95. The van der Waals surface area contributed by atoms with E-state index in [1.54, 1.807) is 0 Å². The van der Waals surface area contributed by atoms with Crippen LogP contribution in [0, 0.1) is 11.3 Å². The van der Waals surface area contributed by atoms with Gasteiger partial charge in [0.1, 0.15) is 11.8 Å². The van der Waals surface area contributed by atoms with E-state index in [1.807, 2.05) is 32.9 Å². The zero-order valence-corrected chi connectivity index (χ0v) is 19.5. The predicted molar refractivity (Wildman–Crippen MR) is 121 cm³/mol. The van der Waals surface area contributed by atoms with E-state index < -0.39 is 29.3 Å². The summed E-state index contributed by atoms with van der Waals surface area (Å²) in [5.74, 6) is -1.62. The predicted octanol–water partition coefficient (Wildman–Crippen LogP) is 3.56. The van der Waals surface area contributed by atoms with Gasteiger partial charge < -0.3 is 20.5 Å². The summed E-state index contributed by atoms with van der Waals surface area (Å²) in [4.78, 5) is 36.2. The lowest BCUT2D eigenvalue weighted by Gasteiger charge is -2.31. The Morgan fingerprint density at radius 1 is 1.06 bits per heavy atom. The molecule has 3 N–H and O–H groups in total. The zero-order chi connectivity index (χ0) is 23.4. The third-order valence-electron chi connectivity index (χ3n) is 5.13. The van der Waals surface area contributed by atoms with Crippen LogP contribution < -0.4 is 15.4 Å². The minimum Gasteiger partial charge on any atom is -0.494 e. The molecule has 2 atom stereocenters. The minimum atomic E-state index is -1.03. The quantitative estimate of drug-likeness (QED) is 0.412. The summed E-state index contributed by atoms with van der Waals surface area (Å²) in [6, 6.07) is 7.29. The van der Waals surface area contributed by atoms with Crippen molar-refractivity contribution in [1.29, 1.82) is 0 Å². The van der Waals surface area contributed by atoms with E-state index in [1.165, 1.54) is 12.6 Å². The molecule has 1 aromatic carbocycles. The molecule has 0 unspecified atom stereocenters. The molecule has 0 spiro atoms. The second kappa shape index (κ2) is 13.0. The molecule has 0 aliphatic heterocycles. The fourth-order valence-electron chi connectivity index (χ4n) is 3.34. The molecule has 0 radical (unpaired) electrons. The molecule has 31 heavy (non-hydrogen) atoms. The molecule has 0 saturated carbocycles. The van der Waals surface area contributed by atoms with Gasteiger partial charge in [-0.15, -0.1) is 0 Å². The van der Waals surface area contributed by atoms with Gasteiger partial charge in [0, 0.05) is 13.0 Å². The molecule has 0 heterocycles. The summed E-state index contributed by atoms with van der Waals surface area (Å²) in [6.07, 6.45) is 3.66. The van der Waals surface area contributed by atoms with Crippen LogP contribution in [-0.4, -0.2) is 42.6 Å². The monoisotopic (exact) mass is 434 g/mol. The standard InChI is InChI=1S/C24H38N2O5/c1-6-9-17-11-13-19(14-12-17)31-15-8-7-10-18(16-20(27)28)22(29)26-21(23(30)25-5)24(2,3)4/h11-14,18,21H,6-10,15-16H2,1-5H3,(H,25,30)(H,26,29)(H,27,28)/t18-,21-/m1/s1. The van der Waals surface area contributed by atoms with Crippen LogP contribution in [-0.2, 0) is 20.8 Å². The molecule has 0 aromatic heterocycles. The third-order valence-corrected chi connectivity index (χ3v) is 5.13. The number of carboxylic acid groups (broad SMARTS) is 1. The van der Waals surface area contributed by atoms with Gasteiger partial charge in [-0.3, -0.25) is 14.4 Å². The number of amides is 2. The molecule has 0 fully saturated rings. The molecular weight excluding hydrogens is 396 g/mol. The summed E-state index contributed by atoms with van der Waals surface area (Å²) in [6.45, 7) is 8.20. The van der Waals surface area contributed by atoms with E-state index in [9.17, 15) is 19.5 Å². The number of hydrogen-bond donors (Lipinski definition) is 3. The Balaban J connectivity index is 2.56. The van der Waals surface area contributed by atoms with Crippen LogP contribution >= 0.6 is 0 Å². The number of carbonyl (C=O) groups excluding carboxylic acids is 2. The highest BCUT2D eigenvalue weighted by Crippen LogP contribution is 2.22. The number of likely N-dealkylation sites (N-methyl/N-ethyl adjacent to an activating group) is 1. The number of unbranched alkanes of at least 4 members (excludes halogenated alkanes) is 1. The van der Waals surface area contributed by atoms with Crippen LogP contribution in [0.3, 0.4) is 0 Å². The molecule has 7 heteroatoms. The number of hydrogen-bond acceptors (Lipinski definition) is 4. The number of benzene rings is 1. The lowest BCUT2D eigenvalue weighted by molar-refractivity contribution is -0.142. The van der Waals surface area contributed by atoms with E-state index >= 15 is 0 Å². The second-order valence-electron chi connectivity index (χ2n) is 8.95. The van der Waals surface area contributed by atoms with E-state index in [2.05, 4.69) is 29.7 Å². The van der Waals surface area contributed by atoms with Crippen molar-refractivity contribution in [2.45, 2.75) is 72.3 Å². The van der Waals surface area contributed by atoms with E-state index in [0.29, 0.717) is 25.9 Å². The number of aryl methyl sites for hydroxylation is 1. The van der Waals surface area contributed by atoms with Gasteiger partial charge in [-0.05, 0) is 48.8 Å². The van der Waals surface area contributed by atoms with E-state index in [0.717, 1.165) is 18.6 Å². The van der Waals surface area contributed by atoms with Gasteiger partial charge in [0.2, 0.25) is 11.8 Å². The van der Waals surface area contributed by atoms with Crippen molar-refractivity contribution >= 4 is 17.8 Å². The Bertz CT molecular complexity index is 710. The lowest BCUT2D eigenvalue weighted by atomic mass is 9.85. The highest BCUT2D eigenvalue weighted by atomic mass is 16.5. The molecule has 0 aliphatic rings. The van der Waals surface area contributed by atoms with E-state index in [-0.39, 0.29) is 12.3 Å². The van der Waals surface area contributed by atoms with Crippen molar-refractivity contribution in [3.05, 3.63) is 29.8 Å². The fourth-order valence-corrected chi connectivity index (χ4v) is 3.34.